The average Bonchev–Trinajstić information content (AvgIpc) is 2.70. The summed E-state index contributed by atoms with van der Waals surface area (Å²) in [5, 5.41) is 0. The van der Waals surface area contributed by atoms with Gasteiger partial charge in [0.2, 0.25) is 0 Å². The molecule has 0 heteroatoms. The number of aryl methyl sites for hydroxylation is 2. The second-order valence-electron chi connectivity index (χ2n) is 7.56. The molecule has 0 aliphatic heterocycles. The first kappa shape index (κ1) is 23.5. The van der Waals surface area contributed by atoms with E-state index in [2.05, 4.69) is 77.9 Å². The Labute approximate surface area is 169 Å². The summed E-state index contributed by atoms with van der Waals surface area (Å²) < 4.78 is 0. The van der Waals surface area contributed by atoms with Gasteiger partial charge in [0.1, 0.15) is 0 Å². The third-order valence-corrected chi connectivity index (χ3v) is 5.58. The molecule has 2 rings (SSSR count). The van der Waals surface area contributed by atoms with Crippen LogP contribution in [0.1, 0.15) is 100 Å². The standard InChI is InChI=1S/C20H26.C7H16/c1-5-17-14-18(6-2)20(19(7-3)15(17)4)13-16-11-9-8-10-12-16;1-3-5-7-6-4-2/h8-12,14H,5-7,13H2,1-4H3;3-7H2,1-2H3. The molecule has 0 aliphatic rings. The zero-order valence-electron chi connectivity index (χ0n) is 18.8. The topological polar surface area (TPSA) is 0 Å². The molecule has 0 fully saturated rings. The second-order valence-corrected chi connectivity index (χ2v) is 7.56. The lowest BCUT2D eigenvalue weighted by Crippen LogP contribution is -2.06. The summed E-state index contributed by atoms with van der Waals surface area (Å²) in [7, 11) is 0. The Bertz CT molecular complexity index is 633. The molecule has 0 aliphatic carbocycles. The number of unbranched alkanes of at least 4 members (excludes halogenated alkanes) is 4. The van der Waals surface area contributed by atoms with E-state index in [9.17, 15) is 0 Å². The lowest BCUT2D eigenvalue weighted by molar-refractivity contribution is 0.656. The van der Waals surface area contributed by atoms with Gasteiger partial charge in [-0.15, -0.1) is 0 Å². The molecule has 27 heavy (non-hydrogen) atoms. The van der Waals surface area contributed by atoms with Gasteiger partial charge in [0, 0.05) is 0 Å². The highest BCUT2D eigenvalue weighted by molar-refractivity contribution is 5.48. The Hall–Kier alpha value is -1.56. The molecule has 150 valence electrons. The highest BCUT2D eigenvalue weighted by Crippen LogP contribution is 2.27. The maximum atomic E-state index is 2.44. The Morgan fingerprint density at radius 2 is 1.22 bits per heavy atom. The van der Waals surface area contributed by atoms with Gasteiger partial charge in [0.05, 0.1) is 0 Å². The van der Waals surface area contributed by atoms with Crippen LogP contribution in [0, 0.1) is 6.92 Å². The van der Waals surface area contributed by atoms with Crippen LogP contribution in [0.15, 0.2) is 36.4 Å². The molecule has 0 N–H and O–H groups in total. The van der Waals surface area contributed by atoms with Crippen molar-refractivity contribution in [2.75, 3.05) is 0 Å². The van der Waals surface area contributed by atoms with Crippen molar-refractivity contribution in [2.24, 2.45) is 0 Å². The van der Waals surface area contributed by atoms with Crippen molar-refractivity contribution in [3.8, 4) is 0 Å². The van der Waals surface area contributed by atoms with Crippen molar-refractivity contribution < 1.29 is 0 Å². The van der Waals surface area contributed by atoms with E-state index in [4.69, 9.17) is 0 Å². The molecule has 2 aromatic rings. The van der Waals surface area contributed by atoms with E-state index in [-0.39, 0.29) is 0 Å². The van der Waals surface area contributed by atoms with Gasteiger partial charge in [-0.1, -0.05) is 103 Å². The fourth-order valence-electron chi connectivity index (χ4n) is 3.88. The van der Waals surface area contributed by atoms with Gasteiger partial charge in [-0.2, -0.15) is 0 Å². The third-order valence-electron chi connectivity index (χ3n) is 5.58. The Kier molecular flexibility index (Phi) is 11.8. The maximum Gasteiger partial charge on any atom is -0.00202 e. The predicted octanol–water partition coefficient (Wildman–Crippen LogP) is 8.25. The first-order chi connectivity index (χ1) is 13.1. The SMILES string of the molecule is CCCCCCC.CCc1cc(CC)c(Cc2ccccc2)c(CC)c1C. The minimum atomic E-state index is 1.07. The van der Waals surface area contributed by atoms with Gasteiger partial charge in [-0.05, 0) is 66.0 Å². The molecule has 0 bridgehead atoms. The van der Waals surface area contributed by atoms with Crippen molar-refractivity contribution in [2.45, 2.75) is 99.3 Å². The van der Waals surface area contributed by atoms with Crippen molar-refractivity contribution in [1.82, 2.24) is 0 Å². The minimum Gasteiger partial charge on any atom is -0.0654 e. The summed E-state index contributed by atoms with van der Waals surface area (Å²) in [5.41, 5.74) is 9.13. The molecular weight excluding hydrogens is 324 g/mol. The van der Waals surface area contributed by atoms with Gasteiger partial charge in [0.25, 0.3) is 0 Å². The number of rotatable bonds is 9. The van der Waals surface area contributed by atoms with Crippen LogP contribution >= 0.6 is 0 Å². The van der Waals surface area contributed by atoms with Crippen LogP contribution in [-0.4, -0.2) is 0 Å². The molecule has 0 heterocycles. The molecule has 0 spiro atoms. The van der Waals surface area contributed by atoms with Crippen LogP contribution in [0.2, 0.25) is 0 Å². The largest absolute Gasteiger partial charge is 0.0654 e. The molecule has 0 radical (unpaired) electrons. The molecule has 0 nitrogen and oxygen atoms in total. The molecule has 0 unspecified atom stereocenters. The number of benzene rings is 2. The van der Waals surface area contributed by atoms with Gasteiger partial charge in [-0.3, -0.25) is 0 Å². The first-order valence-electron chi connectivity index (χ1n) is 11.3. The molecule has 2 aromatic carbocycles. The van der Waals surface area contributed by atoms with Gasteiger partial charge < -0.3 is 0 Å². The van der Waals surface area contributed by atoms with Gasteiger partial charge in [-0.25, -0.2) is 0 Å². The summed E-state index contributed by atoms with van der Waals surface area (Å²) in [5.74, 6) is 0. The van der Waals surface area contributed by atoms with E-state index in [1.807, 2.05) is 0 Å². The quantitative estimate of drug-likeness (QED) is 0.392. The molecule has 0 aromatic heterocycles. The van der Waals surface area contributed by atoms with Crippen LogP contribution in [0.3, 0.4) is 0 Å². The van der Waals surface area contributed by atoms with Crippen molar-refractivity contribution in [1.29, 1.82) is 0 Å². The fourth-order valence-corrected chi connectivity index (χ4v) is 3.88. The third kappa shape index (κ3) is 7.53. The van der Waals surface area contributed by atoms with Crippen molar-refractivity contribution in [3.63, 3.8) is 0 Å². The normalized spacial score (nSPS) is 10.4. The van der Waals surface area contributed by atoms with Crippen molar-refractivity contribution in [3.05, 3.63) is 69.8 Å². The van der Waals surface area contributed by atoms with Crippen LogP contribution in [0.25, 0.3) is 0 Å². The molecule has 0 saturated carbocycles. The van der Waals surface area contributed by atoms with Gasteiger partial charge in [0.15, 0.2) is 0 Å². The summed E-state index contributed by atoms with van der Waals surface area (Å²) in [4.78, 5) is 0. The molecular formula is C27H42. The lowest BCUT2D eigenvalue weighted by Gasteiger charge is -2.19. The van der Waals surface area contributed by atoms with E-state index in [0.717, 1.165) is 25.7 Å². The Balaban J connectivity index is 0.000000445. The van der Waals surface area contributed by atoms with E-state index < -0.39 is 0 Å². The predicted molar refractivity (Wildman–Crippen MR) is 123 cm³/mol. The Morgan fingerprint density at radius 3 is 1.70 bits per heavy atom. The minimum absolute atomic E-state index is 1.07. The molecule has 0 amide bonds. The zero-order chi connectivity index (χ0) is 20.1. The molecule has 0 atom stereocenters. The summed E-state index contributed by atoms with van der Waals surface area (Å²) in [6.45, 7) is 13.6. The van der Waals surface area contributed by atoms with Crippen LogP contribution in [-0.2, 0) is 25.7 Å². The molecule has 0 saturated heterocycles. The van der Waals surface area contributed by atoms with E-state index in [1.165, 1.54) is 54.4 Å². The van der Waals surface area contributed by atoms with Crippen LogP contribution in [0.4, 0.5) is 0 Å². The average molecular weight is 367 g/mol. The summed E-state index contributed by atoms with van der Waals surface area (Å²) in [6, 6.07) is 13.3. The Morgan fingerprint density at radius 1 is 0.630 bits per heavy atom. The van der Waals surface area contributed by atoms with Crippen LogP contribution < -0.4 is 0 Å². The second kappa shape index (κ2) is 13.6. The number of hydrogen-bond acceptors (Lipinski definition) is 0. The first-order valence-corrected chi connectivity index (χ1v) is 11.3. The van der Waals surface area contributed by atoms with E-state index in [1.54, 1.807) is 11.1 Å². The highest BCUT2D eigenvalue weighted by Gasteiger charge is 2.13. The van der Waals surface area contributed by atoms with Crippen molar-refractivity contribution >= 4 is 0 Å². The zero-order valence-corrected chi connectivity index (χ0v) is 18.8. The van der Waals surface area contributed by atoms with Gasteiger partial charge >= 0.3 is 0 Å². The summed E-state index contributed by atoms with van der Waals surface area (Å²) >= 11 is 0. The lowest BCUT2D eigenvalue weighted by atomic mass is 9.86. The van der Waals surface area contributed by atoms with E-state index in [0.29, 0.717) is 0 Å². The maximum absolute atomic E-state index is 2.44. The monoisotopic (exact) mass is 366 g/mol. The summed E-state index contributed by atoms with van der Waals surface area (Å²) in [6.07, 6.45) is 11.5. The van der Waals surface area contributed by atoms with E-state index >= 15 is 0 Å². The number of hydrogen-bond donors (Lipinski definition) is 0. The highest BCUT2D eigenvalue weighted by atomic mass is 14.2. The smallest absolute Gasteiger partial charge is 0.00202 e. The van der Waals surface area contributed by atoms with Crippen LogP contribution in [0.5, 0.6) is 0 Å². The fraction of sp³-hybridized carbons (Fsp3) is 0.556.